The minimum atomic E-state index is -0.315. The van der Waals surface area contributed by atoms with Gasteiger partial charge in [0.2, 0.25) is 5.91 Å². The largest absolute Gasteiger partial charge is 0.427 e. The summed E-state index contributed by atoms with van der Waals surface area (Å²) in [4.78, 5) is 21.9. The van der Waals surface area contributed by atoms with Gasteiger partial charge in [-0.05, 0) is 48.1 Å². The molecule has 1 aliphatic carbocycles. The minimum Gasteiger partial charge on any atom is -0.427 e. The number of aryl methyl sites for hydroxylation is 1. The van der Waals surface area contributed by atoms with Gasteiger partial charge in [-0.1, -0.05) is 12.1 Å². The lowest BCUT2D eigenvalue weighted by atomic mass is 9.89. The van der Waals surface area contributed by atoms with Crippen molar-refractivity contribution in [1.82, 2.24) is 5.32 Å². The quantitative estimate of drug-likeness (QED) is 0.677. The van der Waals surface area contributed by atoms with Crippen LogP contribution < -0.4 is 10.1 Å². The highest BCUT2D eigenvalue weighted by Crippen LogP contribution is 2.31. The number of hydrogen-bond donors (Lipinski definition) is 1. The van der Waals surface area contributed by atoms with E-state index in [2.05, 4.69) is 11.4 Å². The average Bonchev–Trinajstić information content (AvgIpc) is 2.38. The number of hydrogen-bond acceptors (Lipinski definition) is 3. The Kier molecular flexibility index (Phi) is 4.56. The number of fused-ring (bicyclic) bond motifs is 1. The van der Waals surface area contributed by atoms with Gasteiger partial charge >= 0.3 is 5.97 Å². The van der Waals surface area contributed by atoms with Gasteiger partial charge in [-0.25, -0.2) is 0 Å². The van der Waals surface area contributed by atoms with Crippen molar-refractivity contribution in [2.24, 2.45) is 0 Å². The fourth-order valence-electron chi connectivity index (χ4n) is 2.42. The highest BCUT2D eigenvalue weighted by atomic mass is 16.5. The molecule has 4 nitrogen and oxygen atoms in total. The minimum absolute atomic E-state index is 0.0182. The average molecular weight is 273 g/mol. The van der Waals surface area contributed by atoms with Gasteiger partial charge in [0.25, 0.3) is 0 Å². The Bertz CT molecular complexity index is 561. The number of rotatable bonds is 4. The van der Waals surface area contributed by atoms with Gasteiger partial charge in [-0.2, -0.15) is 0 Å². The molecule has 0 atom stereocenters. The summed E-state index contributed by atoms with van der Waals surface area (Å²) in [5.74, 6) is 0.239. The lowest BCUT2D eigenvalue weighted by Crippen LogP contribution is -2.21. The van der Waals surface area contributed by atoms with Gasteiger partial charge in [0.1, 0.15) is 5.75 Å². The van der Waals surface area contributed by atoms with Gasteiger partial charge in [0, 0.05) is 20.4 Å². The number of nitrogens with one attached hydrogen (secondary N) is 1. The van der Waals surface area contributed by atoms with E-state index in [9.17, 15) is 9.59 Å². The van der Waals surface area contributed by atoms with Gasteiger partial charge in [0.15, 0.2) is 0 Å². The molecule has 2 rings (SSSR count). The smallest absolute Gasteiger partial charge is 0.308 e. The second-order valence-corrected chi connectivity index (χ2v) is 4.91. The van der Waals surface area contributed by atoms with Crippen molar-refractivity contribution < 1.29 is 14.3 Å². The Balaban J connectivity index is 2.15. The number of ether oxygens (including phenoxy) is 1. The second kappa shape index (κ2) is 6.37. The van der Waals surface area contributed by atoms with Crippen LogP contribution in [0.2, 0.25) is 0 Å². The molecule has 4 heteroatoms. The van der Waals surface area contributed by atoms with Crippen molar-refractivity contribution in [1.29, 1.82) is 0 Å². The van der Waals surface area contributed by atoms with E-state index in [1.165, 1.54) is 25.0 Å². The molecule has 0 radical (unpaired) electrons. The van der Waals surface area contributed by atoms with Crippen molar-refractivity contribution in [3.8, 4) is 5.75 Å². The van der Waals surface area contributed by atoms with E-state index in [4.69, 9.17) is 4.74 Å². The van der Waals surface area contributed by atoms with E-state index in [1.807, 2.05) is 18.2 Å². The summed E-state index contributed by atoms with van der Waals surface area (Å²) in [6.07, 6.45) is 4.99. The molecular formula is C16H19NO3. The monoisotopic (exact) mass is 273 g/mol. The maximum atomic E-state index is 11.0. The highest BCUT2D eigenvalue weighted by Gasteiger charge is 2.14. The molecule has 0 heterocycles. The SMILES string of the molecule is CC(=O)NCCC1=CCCc2ccc(OC(C)=O)cc21. The molecule has 1 aliphatic rings. The van der Waals surface area contributed by atoms with Crippen LogP contribution in [0.3, 0.4) is 0 Å². The Morgan fingerprint density at radius 3 is 2.80 bits per heavy atom. The van der Waals surface area contributed by atoms with Crippen LogP contribution in [-0.2, 0) is 16.0 Å². The van der Waals surface area contributed by atoms with Crippen LogP contribution in [0.1, 0.15) is 37.8 Å². The first-order valence-electron chi connectivity index (χ1n) is 6.81. The molecular weight excluding hydrogens is 254 g/mol. The van der Waals surface area contributed by atoms with Crippen LogP contribution >= 0.6 is 0 Å². The maximum Gasteiger partial charge on any atom is 0.308 e. The molecule has 1 amide bonds. The van der Waals surface area contributed by atoms with Crippen molar-refractivity contribution in [2.45, 2.75) is 33.1 Å². The van der Waals surface area contributed by atoms with Gasteiger partial charge in [-0.3, -0.25) is 9.59 Å². The van der Waals surface area contributed by atoms with E-state index in [0.29, 0.717) is 12.3 Å². The van der Waals surface area contributed by atoms with E-state index >= 15 is 0 Å². The highest BCUT2D eigenvalue weighted by molar-refractivity contribution is 5.75. The third-order valence-corrected chi connectivity index (χ3v) is 3.26. The Labute approximate surface area is 118 Å². The number of carbonyl (C=O) groups excluding carboxylic acids is 2. The van der Waals surface area contributed by atoms with E-state index in [1.54, 1.807) is 0 Å². The summed E-state index contributed by atoms with van der Waals surface area (Å²) >= 11 is 0. The first-order valence-corrected chi connectivity index (χ1v) is 6.81. The van der Waals surface area contributed by atoms with E-state index < -0.39 is 0 Å². The normalized spacial score (nSPS) is 13.2. The van der Waals surface area contributed by atoms with Crippen molar-refractivity contribution in [3.05, 3.63) is 35.4 Å². The van der Waals surface area contributed by atoms with Crippen LogP contribution in [0.5, 0.6) is 5.75 Å². The van der Waals surface area contributed by atoms with E-state index in [-0.39, 0.29) is 11.9 Å². The summed E-state index contributed by atoms with van der Waals surface area (Å²) < 4.78 is 5.14. The topological polar surface area (TPSA) is 55.4 Å². The van der Waals surface area contributed by atoms with E-state index in [0.717, 1.165) is 24.8 Å². The van der Waals surface area contributed by atoms with Crippen molar-refractivity contribution in [2.75, 3.05) is 6.54 Å². The molecule has 0 saturated heterocycles. The van der Waals surface area contributed by atoms with Crippen LogP contribution in [0.15, 0.2) is 24.3 Å². The zero-order valence-electron chi connectivity index (χ0n) is 11.9. The summed E-state index contributed by atoms with van der Waals surface area (Å²) in [6.45, 7) is 3.54. The maximum absolute atomic E-state index is 11.0. The number of esters is 1. The molecule has 0 bridgehead atoms. The van der Waals surface area contributed by atoms with Gasteiger partial charge in [-0.15, -0.1) is 0 Å². The fraction of sp³-hybridized carbons (Fsp3) is 0.375. The lowest BCUT2D eigenvalue weighted by molar-refractivity contribution is -0.131. The standard InChI is InChI=1S/C16H19NO3/c1-11(18)17-9-8-14-5-3-4-13-6-7-15(10-16(13)14)20-12(2)19/h5-7,10H,3-4,8-9H2,1-2H3,(H,17,18). The summed E-state index contributed by atoms with van der Waals surface area (Å²) in [5, 5.41) is 2.81. The Hall–Kier alpha value is -2.10. The van der Waals surface area contributed by atoms with Crippen molar-refractivity contribution >= 4 is 17.4 Å². The summed E-state index contributed by atoms with van der Waals surface area (Å²) in [5.41, 5.74) is 3.59. The van der Waals surface area contributed by atoms with Gasteiger partial charge < -0.3 is 10.1 Å². The number of allylic oxidation sites excluding steroid dienone is 1. The molecule has 20 heavy (non-hydrogen) atoms. The first-order chi connectivity index (χ1) is 9.56. The molecule has 0 unspecified atom stereocenters. The fourth-order valence-corrected chi connectivity index (χ4v) is 2.42. The molecule has 106 valence electrons. The molecule has 0 fully saturated rings. The van der Waals surface area contributed by atoms with Crippen LogP contribution in [0, 0.1) is 0 Å². The molecule has 1 aromatic rings. The molecule has 0 aliphatic heterocycles. The molecule has 1 N–H and O–H groups in total. The number of amides is 1. The number of benzene rings is 1. The lowest BCUT2D eigenvalue weighted by Gasteiger charge is -2.19. The van der Waals surface area contributed by atoms with Crippen molar-refractivity contribution in [3.63, 3.8) is 0 Å². The third kappa shape index (κ3) is 3.70. The molecule has 1 aromatic carbocycles. The first kappa shape index (κ1) is 14.3. The molecule has 0 saturated carbocycles. The zero-order chi connectivity index (χ0) is 14.5. The van der Waals surface area contributed by atoms with Crippen LogP contribution in [0.25, 0.3) is 5.57 Å². The predicted molar refractivity (Wildman–Crippen MR) is 77.3 cm³/mol. The Morgan fingerprint density at radius 1 is 1.30 bits per heavy atom. The number of carbonyl (C=O) groups is 2. The second-order valence-electron chi connectivity index (χ2n) is 4.91. The van der Waals surface area contributed by atoms with Crippen LogP contribution in [0.4, 0.5) is 0 Å². The summed E-state index contributed by atoms with van der Waals surface area (Å²) in [6, 6.07) is 5.76. The van der Waals surface area contributed by atoms with Crippen LogP contribution in [-0.4, -0.2) is 18.4 Å². The predicted octanol–water partition coefficient (Wildman–Crippen LogP) is 2.47. The molecule has 0 aromatic heterocycles. The Morgan fingerprint density at radius 2 is 2.10 bits per heavy atom. The summed E-state index contributed by atoms with van der Waals surface area (Å²) in [7, 11) is 0. The molecule has 0 spiro atoms. The zero-order valence-corrected chi connectivity index (χ0v) is 11.9. The third-order valence-electron chi connectivity index (χ3n) is 3.26. The van der Waals surface area contributed by atoms with Gasteiger partial charge in [0.05, 0.1) is 0 Å².